The van der Waals surface area contributed by atoms with Crippen LogP contribution >= 0.6 is 15.9 Å². The zero-order chi connectivity index (χ0) is 21.4. The molecule has 2 atom stereocenters. The fourth-order valence-electron chi connectivity index (χ4n) is 4.21. The third-order valence-electron chi connectivity index (χ3n) is 5.72. The van der Waals surface area contributed by atoms with Gasteiger partial charge in [0, 0.05) is 40.5 Å². The highest BCUT2D eigenvalue weighted by molar-refractivity contribution is 9.10. The first-order valence-electron chi connectivity index (χ1n) is 9.87. The summed E-state index contributed by atoms with van der Waals surface area (Å²) in [6, 6.07) is 17.4. The number of aliphatic hydroxyl groups is 1. The predicted molar refractivity (Wildman–Crippen MR) is 121 cm³/mol. The molecule has 1 amide bonds. The number of amides is 1. The number of H-pyrrole nitrogens is 1. The summed E-state index contributed by atoms with van der Waals surface area (Å²) >= 11 is 3.45. The van der Waals surface area contributed by atoms with Crippen molar-refractivity contribution in [3.05, 3.63) is 112 Å². The van der Waals surface area contributed by atoms with Gasteiger partial charge in [0.15, 0.2) is 5.60 Å². The van der Waals surface area contributed by atoms with Gasteiger partial charge in [-0.25, -0.2) is 4.98 Å². The number of nitrogens with one attached hydrogen (secondary N) is 2. The summed E-state index contributed by atoms with van der Waals surface area (Å²) in [5.74, 6) is -0.120. The number of aromatic amines is 1. The highest BCUT2D eigenvalue weighted by Crippen LogP contribution is 2.42. The highest BCUT2D eigenvalue weighted by Gasteiger charge is 2.38. The van der Waals surface area contributed by atoms with Crippen LogP contribution in [0.2, 0.25) is 0 Å². The van der Waals surface area contributed by atoms with Crippen LogP contribution in [0.25, 0.3) is 0 Å². The Kier molecular flexibility index (Phi) is 4.92. The third-order valence-corrected chi connectivity index (χ3v) is 6.15. The minimum atomic E-state index is -1.50. The van der Waals surface area contributed by atoms with Crippen LogP contribution in [0, 0.1) is 0 Å². The second kappa shape index (κ2) is 7.76. The number of imidazole rings is 1. The molecule has 7 heteroatoms. The number of hydrogen-bond acceptors (Lipinski definition) is 4. The molecular formula is C24H19BrN4O2. The maximum atomic E-state index is 12.3. The fraction of sp³-hybridized carbons (Fsp3) is 0.125. The zero-order valence-electron chi connectivity index (χ0n) is 16.4. The first-order valence-corrected chi connectivity index (χ1v) is 10.7. The average molecular weight is 475 g/mol. The van der Waals surface area contributed by atoms with Crippen LogP contribution in [0.5, 0.6) is 0 Å². The lowest BCUT2D eigenvalue weighted by Gasteiger charge is -2.31. The number of carbonyl (C=O) groups excluding carboxylic acids is 1. The molecule has 0 bridgehead atoms. The van der Waals surface area contributed by atoms with E-state index in [0.717, 1.165) is 21.3 Å². The van der Waals surface area contributed by atoms with E-state index in [2.05, 4.69) is 36.2 Å². The van der Waals surface area contributed by atoms with Crippen molar-refractivity contribution >= 4 is 27.5 Å². The Morgan fingerprint density at radius 3 is 2.58 bits per heavy atom. The summed E-state index contributed by atoms with van der Waals surface area (Å²) in [5.41, 5.74) is 3.07. The molecule has 1 aliphatic heterocycles. The quantitative estimate of drug-likeness (QED) is 0.410. The van der Waals surface area contributed by atoms with E-state index < -0.39 is 5.60 Å². The molecular weight excluding hydrogens is 456 g/mol. The van der Waals surface area contributed by atoms with Gasteiger partial charge >= 0.3 is 0 Å². The average Bonchev–Trinajstić information content (AvgIpc) is 3.34. The Bertz CT molecular complexity index is 1240. The normalized spacial score (nSPS) is 17.5. The van der Waals surface area contributed by atoms with Crippen molar-refractivity contribution in [3.63, 3.8) is 0 Å². The first kappa shape index (κ1) is 19.7. The molecule has 4 aromatic rings. The molecule has 0 spiro atoms. The van der Waals surface area contributed by atoms with Gasteiger partial charge in [-0.3, -0.25) is 9.78 Å². The molecule has 3 heterocycles. The summed E-state index contributed by atoms with van der Waals surface area (Å²) in [6.07, 6.45) is 6.81. The van der Waals surface area contributed by atoms with Crippen LogP contribution in [0.1, 0.15) is 40.3 Å². The molecule has 0 saturated carbocycles. The molecule has 2 unspecified atom stereocenters. The van der Waals surface area contributed by atoms with E-state index in [9.17, 15) is 9.90 Å². The molecule has 3 N–H and O–H groups in total. The van der Waals surface area contributed by atoms with E-state index in [1.807, 2.05) is 54.6 Å². The SMILES string of the molecule is O=C1CC(c2ccccc2)c2cc(C(O)(c3cncc(Br)c3)c3cnc[nH]3)ccc2N1. The van der Waals surface area contributed by atoms with E-state index in [1.165, 1.54) is 6.33 Å². The smallest absolute Gasteiger partial charge is 0.225 e. The topological polar surface area (TPSA) is 90.9 Å². The van der Waals surface area contributed by atoms with E-state index in [1.54, 1.807) is 18.6 Å². The van der Waals surface area contributed by atoms with Gasteiger partial charge in [0.05, 0.1) is 18.2 Å². The summed E-state index contributed by atoms with van der Waals surface area (Å²) in [6.45, 7) is 0. The van der Waals surface area contributed by atoms with Crippen molar-refractivity contribution in [2.75, 3.05) is 5.32 Å². The van der Waals surface area contributed by atoms with Crippen molar-refractivity contribution in [1.29, 1.82) is 0 Å². The summed E-state index contributed by atoms with van der Waals surface area (Å²) in [7, 11) is 0. The summed E-state index contributed by atoms with van der Waals surface area (Å²) in [5, 5.41) is 15.0. The van der Waals surface area contributed by atoms with Crippen LogP contribution in [0.4, 0.5) is 5.69 Å². The zero-order valence-corrected chi connectivity index (χ0v) is 18.0. The Hall–Kier alpha value is -3.29. The Morgan fingerprint density at radius 2 is 1.84 bits per heavy atom. The van der Waals surface area contributed by atoms with Gasteiger partial charge < -0.3 is 15.4 Å². The van der Waals surface area contributed by atoms with Gasteiger partial charge in [0.2, 0.25) is 5.91 Å². The maximum Gasteiger partial charge on any atom is 0.225 e. The van der Waals surface area contributed by atoms with Crippen LogP contribution in [0.3, 0.4) is 0 Å². The summed E-state index contributed by atoms with van der Waals surface area (Å²) in [4.78, 5) is 23.8. The second-order valence-electron chi connectivity index (χ2n) is 7.59. The molecule has 0 aliphatic carbocycles. The molecule has 2 aromatic carbocycles. The van der Waals surface area contributed by atoms with Crippen molar-refractivity contribution < 1.29 is 9.90 Å². The molecule has 5 rings (SSSR count). The molecule has 0 saturated heterocycles. The Labute approximate surface area is 187 Å². The van der Waals surface area contributed by atoms with Gasteiger partial charge in [0.1, 0.15) is 0 Å². The number of halogens is 1. The Balaban J connectivity index is 1.70. The number of carbonyl (C=O) groups is 1. The number of fused-ring (bicyclic) bond motifs is 1. The predicted octanol–water partition coefficient (Wildman–Crippen LogP) is 4.33. The van der Waals surface area contributed by atoms with Crippen molar-refractivity contribution in [2.45, 2.75) is 17.9 Å². The van der Waals surface area contributed by atoms with Crippen molar-refractivity contribution in [1.82, 2.24) is 15.0 Å². The number of pyridine rings is 1. The number of hydrogen-bond donors (Lipinski definition) is 3. The maximum absolute atomic E-state index is 12.3. The van der Waals surface area contributed by atoms with Gasteiger partial charge in [-0.05, 0) is 50.8 Å². The standard InChI is InChI=1S/C24H19BrN4O2/c25-18-8-17(11-26-12-18)24(31,22-13-27-14-28-22)16-6-7-21-20(9-16)19(10-23(30)29-21)15-4-2-1-3-5-15/h1-9,11-14,19,31H,10H2,(H,27,28)(H,29,30). The molecule has 154 valence electrons. The minimum absolute atomic E-state index is 0.0193. The molecule has 31 heavy (non-hydrogen) atoms. The van der Waals surface area contributed by atoms with Gasteiger partial charge in [-0.15, -0.1) is 0 Å². The molecule has 6 nitrogen and oxygen atoms in total. The van der Waals surface area contributed by atoms with E-state index in [4.69, 9.17) is 0 Å². The molecule has 0 fully saturated rings. The van der Waals surface area contributed by atoms with Crippen LogP contribution in [-0.4, -0.2) is 26.0 Å². The van der Waals surface area contributed by atoms with Crippen molar-refractivity contribution in [3.8, 4) is 0 Å². The number of nitrogens with zero attached hydrogens (tertiary/aromatic N) is 2. The van der Waals surface area contributed by atoms with Crippen LogP contribution < -0.4 is 5.32 Å². The van der Waals surface area contributed by atoms with Gasteiger partial charge in [-0.2, -0.15) is 0 Å². The van der Waals surface area contributed by atoms with E-state index >= 15 is 0 Å². The number of aromatic nitrogens is 3. The number of rotatable bonds is 4. The number of benzene rings is 2. The van der Waals surface area contributed by atoms with Gasteiger partial charge in [-0.1, -0.05) is 36.4 Å². The van der Waals surface area contributed by atoms with Crippen LogP contribution in [0.15, 0.2) is 84.0 Å². The van der Waals surface area contributed by atoms with Crippen LogP contribution in [-0.2, 0) is 10.4 Å². The van der Waals surface area contributed by atoms with Crippen molar-refractivity contribution in [2.24, 2.45) is 0 Å². The second-order valence-corrected chi connectivity index (χ2v) is 8.50. The van der Waals surface area contributed by atoms with E-state index in [0.29, 0.717) is 23.2 Å². The largest absolute Gasteiger partial charge is 0.374 e. The lowest BCUT2D eigenvalue weighted by atomic mass is 9.79. The molecule has 2 aromatic heterocycles. The summed E-state index contributed by atoms with van der Waals surface area (Å²) < 4.78 is 0.760. The Morgan fingerprint density at radius 1 is 1.00 bits per heavy atom. The number of anilines is 1. The third kappa shape index (κ3) is 3.45. The highest BCUT2D eigenvalue weighted by atomic mass is 79.9. The molecule has 0 radical (unpaired) electrons. The lowest BCUT2D eigenvalue weighted by Crippen LogP contribution is -2.31. The van der Waals surface area contributed by atoms with Gasteiger partial charge in [0.25, 0.3) is 0 Å². The molecule has 1 aliphatic rings. The monoisotopic (exact) mass is 474 g/mol. The fourth-order valence-corrected chi connectivity index (χ4v) is 4.58. The van der Waals surface area contributed by atoms with E-state index in [-0.39, 0.29) is 11.8 Å². The first-order chi connectivity index (χ1) is 15.1. The minimum Gasteiger partial charge on any atom is -0.374 e. The lowest BCUT2D eigenvalue weighted by molar-refractivity contribution is -0.116.